The Hall–Kier alpha value is -2.75. The van der Waals surface area contributed by atoms with Gasteiger partial charge >= 0.3 is 0 Å². The second kappa shape index (κ2) is 3.88. The lowest BCUT2D eigenvalue weighted by molar-refractivity contribution is 0.100. The van der Waals surface area contributed by atoms with Gasteiger partial charge in [0.25, 0.3) is 0 Å². The summed E-state index contributed by atoms with van der Waals surface area (Å²) in [6.45, 7) is 0. The zero-order valence-electron chi connectivity index (χ0n) is 9.92. The second-order valence-electron chi connectivity index (χ2n) is 4.37. The molecule has 19 heavy (non-hydrogen) atoms. The largest absolute Gasteiger partial charge is 0.507 e. The second-order valence-corrected chi connectivity index (χ2v) is 4.37. The number of primary amides is 1. The maximum absolute atomic E-state index is 11.2. The Morgan fingerprint density at radius 2 is 1.37 bits per heavy atom. The van der Waals surface area contributed by atoms with Gasteiger partial charge in [0.05, 0.1) is 0 Å². The summed E-state index contributed by atoms with van der Waals surface area (Å²) in [5, 5.41) is 22.5. The highest BCUT2D eigenvalue weighted by Crippen LogP contribution is 2.41. The van der Waals surface area contributed by atoms with Crippen molar-refractivity contribution in [3.8, 4) is 11.5 Å². The van der Waals surface area contributed by atoms with Crippen LogP contribution in [0.2, 0.25) is 0 Å². The van der Waals surface area contributed by atoms with Gasteiger partial charge in [0.2, 0.25) is 5.91 Å². The van der Waals surface area contributed by atoms with E-state index in [0.29, 0.717) is 21.5 Å². The molecule has 0 heterocycles. The Kier molecular flexibility index (Phi) is 2.32. The fourth-order valence-corrected chi connectivity index (χ4v) is 2.29. The SMILES string of the molecule is NC(=O)c1ccc2c(O)c3ccccc3c(O)c2c1. The number of hydrogen-bond donors (Lipinski definition) is 3. The topological polar surface area (TPSA) is 83.6 Å². The van der Waals surface area contributed by atoms with Crippen LogP contribution in [-0.2, 0) is 0 Å². The molecule has 3 rings (SSSR count). The highest BCUT2D eigenvalue weighted by molar-refractivity contribution is 6.12. The molecule has 0 fully saturated rings. The number of fused-ring (bicyclic) bond motifs is 2. The minimum absolute atomic E-state index is 0.0338. The first kappa shape index (κ1) is 11.3. The van der Waals surface area contributed by atoms with E-state index in [-0.39, 0.29) is 17.1 Å². The zero-order valence-corrected chi connectivity index (χ0v) is 9.92. The lowest BCUT2D eigenvalue weighted by Gasteiger charge is -2.10. The molecule has 0 saturated carbocycles. The molecule has 0 aliphatic carbocycles. The fraction of sp³-hybridized carbons (Fsp3) is 0. The predicted molar refractivity (Wildman–Crippen MR) is 73.3 cm³/mol. The van der Waals surface area contributed by atoms with E-state index >= 15 is 0 Å². The molecule has 3 aromatic rings. The van der Waals surface area contributed by atoms with E-state index < -0.39 is 5.91 Å². The van der Waals surface area contributed by atoms with E-state index in [1.165, 1.54) is 12.1 Å². The van der Waals surface area contributed by atoms with Crippen LogP contribution in [0.1, 0.15) is 10.4 Å². The van der Waals surface area contributed by atoms with Gasteiger partial charge in [-0.3, -0.25) is 4.79 Å². The predicted octanol–water partition coefficient (Wildman–Crippen LogP) is 2.50. The third kappa shape index (κ3) is 1.57. The lowest BCUT2D eigenvalue weighted by Crippen LogP contribution is -2.10. The number of phenolic OH excluding ortho intramolecular Hbond substituents is 2. The Morgan fingerprint density at radius 3 is 1.95 bits per heavy atom. The lowest BCUT2D eigenvalue weighted by atomic mass is 9.99. The first-order valence-electron chi connectivity index (χ1n) is 5.76. The number of hydrogen-bond acceptors (Lipinski definition) is 3. The van der Waals surface area contributed by atoms with Crippen LogP contribution >= 0.6 is 0 Å². The van der Waals surface area contributed by atoms with Crippen LogP contribution in [0.5, 0.6) is 11.5 Å². The maximum atomic E-state index is 11.2. The van der Waals surface area contributed by atoms with Gasteiger partial charge in [0.15, 0.2) is 0 Å². The smallest absolute Gasteiger partial charge is 0.248 e. The van der Waals surface area contributed by atoms with Gasteiger partial charge in [-0.05, 0) is 18.2 Å². The highest BCUT2D eigenvalue weighted by Gasteiger charge is 2.13. The third-order valence-electron chi connectivity index (χ3n) is 3.25. The number of amides is 1. The fourth-order valence-electron chi connectivity index (χ4n) is 2.29. The molecule has 3 aromatic carbocycles. The standard InChI is InChI=1S/C15H11NO3/c16-15(19)8-5-6-11-12(7-8)14(18)10-4-2-1-3-9(10)13(11)17/h1-7,17-18H,(H2,16,19). The van der Waals surface area contributed by atoms with Crippen molar-refractivity contribution in [3.05, 3.63) is 48.0 Å². The summed E-state index contributed by atoms with van der Waals surface area (Å²) in [5.74, 6) is -0.458. The van der Waals surface area contributed by atoms with Crippen LogP contribution in [-0.4, -0.2) is 16.1 Å². The van der Waals surface area contributed by atoms with Gasteiger partial charge in [-0.15, -0.1) is 0 Å². The van der Waals surface area contributed by atoms with Gasteiger partial charge in [0, 0.05) is 27.1 Å². The van der Waals surface area contributed by atoms with Crippen molar-refractivity contribution in [2.75, 3.05) is 0 Å². The van der Waals surface area contributed by atoms with Crippen LogP contribution < -0.4 is 5.73 Å². The molecule has 0 radical (unpaired) electrons. The van der Waals surface area contributed by atoms with Crippen molar-refractivity contribution in [2.24, 2.45) is 5.73 Å². The number of phenols is 2. The number of rotatable bonds is 1. The molecule has 0 aliphatic rings. The minimum Gasteiger partial charge on any atom is -0.507 e. The van der Waals surface area contributed by atoms with Gasteiger partial charge in [-0.2, -0.15) is 0 Å². The number of carbonyl (C=O) groups excluding carboxylic acids is 1. The van der Waals surface area contributed by atoms with Gasteiger partial charge in [-0.1, -0.05) is 24.3 Å². The molecule has 94 valence electrons. The molecular weight excluding hydrogens is 242 g/mol. The van der Waals surface area contributed by atoms with Crippen LogP contribution in [0.25, 0.3) is 21.5 Å². The Morgan fingerprint density at radius 1 is 0.842 bits per heavy atom. The summed E-state index contributed by atoms with van der Waals surface area (Å²) < 4.78 is 0. The Balaban J connectivity index is 2.52. The zero-order chi connectivity index (χ0) is 13.6. The first-order valence-corrected chi connectivity index (χ1v) is 5.76. The van der Waals surface area contributed by atoms with Crippen LogP contribution in [0, 0.1) is 0 Å². The van der Waals surface area contributed by atoms with E-state index in [0.717, 1.165) is 0 Å². The normalized spacial score (nSPS) is 10.9. The van der Waals surface area contributed by atoms with Crippen LogP contribution in [0.3, 0.4) is 0 Å². The van der Waals surface area contributed by atoms with Crippen molar-refractivity contribution in [1.82, 2.24) is 0 Å². The number of aromatic hydroxyl groups is 2. The monoisotopic (exact) mass is 253 g/mol. The summed E-state index contributed by atoms with van der Waals surface area (Å²) in [4.78, 5) is 11.2. The molecule has 0 aromatic heterocycles. The Bertz CT molecular complexity index is 824. The van der Waals surface area contributed by atoms with Crippen molar-refractivity contribution in [1.29, 1.82) is 0 Å². The number of benzene rings is 3. The van der Waals surface area contributed by atoms with E-state index in [1.54, 1.807) is 30.3 Å². The highest BCUT2D eigenvalue weighted by atomic mass is 16.3. The average molecular weight is 253 g/mol. The molecule has 0 bridgehead atoms. The van der Waals surface area contributed by atoms with E-state index in [4.69, 9.17) is 5.73 Å². The van der Waals surface area contributed by atoms with E-state index in [1.807, 2.05) is 0 Å². The molecule has 1 amide bonds. The van der Waals surface area contributed by atoms with E-state index in [2.05, 4.69) is 0 Å². The van der Waals surface area contributed by atoms with Crippen LogP contribution in [0.4, 0.5) is 0 Å². The summed E-state index contributed by atoms with van der Waals surface area (Å²) in [6, 6.07) is 11.6. The minimum atomic E-state index is -0.575. The molecule has 4 heteroatoms. The summed E-state index contributed by atoms with van der Waals surface area (Å²) in [5.41, 5.74) is 5.51. The number of nitrogens with two attached hydrogens (primary N) is 1. The summed E-state index contributed by atoms with van der Waals surface area (Å²) >= 11 is 0. The van der Waals surface area contributed by atoms with Crippen molar-refractivity contribution < 1.29 is 15.0 Å². The quantitative estimate of drug-likeness (QED) is 0.460. The first-order chi connectivity index (χ1) is 9.09. The third-order valence-corrected chi connectivity index (χ3v) is 3.25. The van der Waals surface area contributed by atoms with Gasteiger partial charge in [0.1, 0.15) is 11.5 Å². The summed E-state index contributed by atoms with van der Waals surface area (Å²) in [6.07, 6.45) is 0. The summed E-state index contributed by atoms with van der Waals surface area (Å²) in [7, 11) is 0. The van der Waals surface area contributed by atoms with Gasteiger partial charge in [-0.25, -0.2) is 0 Å². The molecule has 0 atom stereocenters. The van der Waals surface area contributed by atoms with Crippen molar-refractivity contribution >= 4 is 27.5 Å². The molecule has 0 spiro atoms. The molecule has 0 saturated heterocycles. The van der Waals surface area contributed by atoms with Crippen molar-refractivity contribution in [3.63, 3.8) is 0 Å². The molecular formula is C15H11NO3. The van der Waals surface area contributed by atoms with E-state index in [9.17, 15) is 15.0 Å². The molecule has 0 aliphatic heterocycles. The Labute approximate surface area is 108 Å². The molecule has 0 unspecified atom stereocenters. The maximum Gasteiger partial charge on any atom is 0.248 e. The number of carbonyl (C=O) groups is 1. The van der Waals surface area contributed by atoms with Gasteiger partial charge < -0.3 is 15.9 Å². The van der Waals surface area contributed by atoms with Crippen molar-refractivity contribution in [2.45, 2.75) is 0 Å². The molecule has 4 nitrogen and oxygen atoms in total. The average Bonchev–Trinajstić information content (AvgIpc) is 2.44. The molecule has 4 N–H and O–H groups in total. The van der Waals surface area contributed by atoms with Crippen LogP contribution in [0.15, 0.2) is 42.5 Å².